The molecule has 0 aliphatic heterocycles. The van der Waals surface area contributed by atoms with E-state index < -0.39 is 0 Å². The Hall–Kier alpha value is -1.33. The number of hydrogen-bond donors (Lipinski definition) is 2. The zero-order valence-electron chi connectivity index (χ0n) is 11.5. The number of nitrogens with zero attached hydrogens (tertiary/aromatic N) is 1. The quantitative estimate of drug-likeness (QED) is 0.839. The van der Waals surface area contributed by atoms with E-state index in [1.165, 1.54) is 12.3 Å². The molecule has 0 spiro atoms. The molecule has 1 aromatic rings. The van der Waals surface area contributed by atoms with Gasteiger partial charge in [0.25, 0.3) is 5.91 Å². The normalized spacial score (nSPS) is 11.4. The van der Waals surface area contributed by atoms with E-state index >= 15 is 0 Å². The lowest BCUT2D eigenvalue weighted by Gasteiger charge is -2.24. The number of anilines is 1. The Kier molecular flexibility index (Phi) is 5.57. The van der Waals surface area contributed by atoms with E-state index in [0.717, 1.165) is 6.42 Å². The second kappa shape index (κ2) is 6.73. The number of methoxy groups -OCH3 is 1. The number of amides is 1. The Morgan fingerprint density at radius 2 is 2.26 bits per heavy atom. The maximum absolute atomic E-state index is 12.0. The summed E-state index contributed by atoms with van der Waals surface area (Å²) in [5.74, 6) is 0.0257. The van der Waals surface area contributed by atoms with Gasteiger partial charge in [0.1, 0.15) is 5.82 Å². The van der Waals surface area contributed by atoms with E-state index in [1.54, 1.807) is 7.11 Å². The number of nitrogens with two attached hydrogens (primary N) is 1. The third kappa shape index (κ3) is 5.04. The highest BCUT2D eigenvalue weighted by atomic mass is 35.5. The monoisotopic (exact) mass is 285 g/mol. The fraction of sp³-hybridized carbons (Fsp3) is 0.538. The van der Waals surface area contributed by atoms with E-state index in [2.05, 4.69) is 24.1 Å². The first-order valence-corrected chi connectivity index (χ1v) is 6.42. The Morgan fingerprint density at radius 3 is 2.89 bits per heavy atom. The van der Waals surface area contributed by atoms with E-state index in [1.807, 2.05) is 0 Å². The Bertz CT molecular complexity index is 450. The molecule has 0 bridgehead atoms. The first-order valence-electron chi connectivity index (χ1n) is 6.04. The van der Waals surface area contributed by atoms with Crippen molar-refractivity contribution in [3.63, 3.8) is 0 Å². The van der Waals surface area contributed by atoms with Crippen LogP contribution in [0.3, 0.4) is 0 Å². The predicted octanol–water partition coefficient (Wildman–Crippen LogP) is 2.11. The van der Waals surface area contributed by atoms with Crippen LogP contribution in [0.4, 0.5) is 5.82 Å². The molecule has 3 N–H and O–H groups in total. The largest absolute Gasteiger partial charge is 0.385 e. The molecular weight excluding hydrogens is 266 g/mol. The summed E-state index contributed by atoms with van der Waals surface area (Å²) in [5.41, 5.74) is 5.85. The number of aromatic nitrogens is 1. The molecule has 5 nitrogen and oxygen atoms in total. The van der Waals surface area contributed by atoms with E-state index in [9.17, 15) is 4.79 Å². The lowest BCUT2D eigenvalue weighted by Crippen LogP contribution is -2.34. The van der Waals surface area contributed by atoms with E-state index in [-0.39, 0.29) is 17.1 Å². The Morgan fingerprint density at radius 1 is 1.58 bits per heavy atom. The number of carbonyl (C=O) groups excluding carboxylic acids is 1. The van der Waals surface area contributed by atoms with Crippen LogP contribution >= 0.6 is 11.6 Å². The third-order valence-corrected chi connectivity index (χ3v) is 3.13. The van der Waals surface area contributed by atoms with Crippen LogP contribution in [-0.4, -0.2) is 31.2 Å². The summed E-state index contributed by atoms with van der Waals surface area (Å²) in [6.07, 6.45) is 2.23. The van der Waals surface area contributed by atoms with Crippen LogP contribution in [0.25, 0.3) is 0 Å². The van der Waals surface area contributed by atoms with Gasteiger partial charge in [0.15, 0.2) is 0 Å². The second-order valence-electron chi connectivity index (χ2n) is 5.18. The molecule has 0 saturated carbocycles. The van der Waals surface area contributed by atoms with Crippen molar-refractivity contribution in [1.82, 2.24) is 10.3 Å². The van der Waals surface area contributed by atoms with Gasteiger partial charge in [-0.25, -0.2) is 4.98 Å². The highest BCUT2D eigenvalue weighted by Gasteiger charge is 2.20. The standard InChI is InChI=1S/C13H20ClN3O2/c1-13(2,4-5-19-3)8-17-12(18)9-6-11(15)16-7-10(9)14/h6-7H,4-5,8H2,1-3H3,(H2,15,16)(H,17,18). The molecule has 0 unspecified atom stereocenters. The Balaban J connectivity index is 2.62. The summed E-state index contributed by atoms with van der Waals surface area (Å²) in [7, 11) is 1.66. The van der Waals surface area contributed by atoms with Gasteiger partial charge in [-0.15, -0.1) is 0 Å². The van der Waals surface area contributed by atoms with Gasteiger partial charge in [0.05, 0.1) is 10.6 Å². The van der Waals surface area contributed by atoms with Crippen molar-refractivity contribution in [3.05, 3.63) is 22.8 Å². The summed E-state index contributed by atoms with van der Waals surface area (Å²) in [4.78, 5) is 15.8. The molecule has 19 heavy (non-hydrogen) atoms. The van der Waals surface area contributed by atoms with Gasteiger partial charge in [-0.1, -0.05) is 25.4 Å². The average Bonchev–Trinajstić information content (AvgIpc) is 2.36. The van der Waals surface area contributed by atoms with Gasteiger partial charge in [-0.3, -0.25) is 4.79 Å². The minimum Gasteiger partial charge on any atom is -0.385 e. The molecular formula is C13H20ClN3O2. The van der Waals surface area contributed by atoms with Crippen molar-refractivity contribution in [3.8, 4) is 0 Å². The number of pyridine rings is 1. The van der Waals surface area contributed by atoms with E-state index in [4.69, 9.17) is 22.1 Å². The molecule has 0 saturated heterocycles. The zero-order valence-corrected chi connectivity index (χ0v) is 12.3. The molecule has 0 aromatic carbocycles. The molecule has 0 radical (unpaired) electrons. The molecule has 1 amide bonds. The van der Waals surface area contributed by atoms with Gasteiger partial charge in [-0.2, -0.15) is 0 Å². The van der Waals surface area contributed by atoms with Gasteiger partial charge < -0.3 is 15.8 Å². The number of nitrogen functional groups attached to an aromatic ring is 1. The minimum absolute atomic E-state index is 0.0449. The van der Waals surface area contributed by atoms with E-state index in [0.29, 0.717) is 23.7 Å². The fourth-order valence-corrected chi connectivity index (χ4v) is 1.70. The maximum atomic E-state index is 12.0. The fourth-order valence-electron chi connectivity index (χ4n) is 1.51. The van der Waals surface area contributed by atoms with Crippen molar-refractivity contribution in [2.45, 2.75) is 20.3 Å². The highest BCUT2D eigenvalue weighted by molar-refractivity contribution is 6.33. The summed E-state index contributed by atoms with van der Waals surface area (Å²) in [5, 5.41) is 3.15. The van der Waals surface area contributed by atoms with Gasteiger partial charge in [0.2, 0.25) is 0 Å². The maximum Gasteiger partial charge on any atom is 0.253 e. The third-order valence-electron chi connectivity index (χ3n) is 2.83. The molecule has 1 aromatic heterocycles. The predicted molar refractivity (Wildman–Crippen MR) is 76.3 cm³/mol. The summed E-state index contributed by atoms with van der Waals surface area (Å²) in [6.45, 7) is 5.32. The van der Waals surface area contributed by atoms with Crippen LogP contribution in [0.1, 0.15) is 30.6 Å². The van der Waals surface area contributed by atoms with Gasteiger partial charge in [0, 0.05) is 26.5 Å². The number of ether oxygens (including phenoxy) is 1. The van der Waals surface area contributed by atoms with Crippen LogP contribution in [0.5, 0.6) is 0 Å². The number of hydrogen-bond acceptors (Lipinski definition) is 4. The average molecular weight is 286 g/mol. The zero-order chi connectivity index (χ0) is 14.5. The number of rotatable bonds is 6. The van der Waals surface area contributed by atoms with Crippen molar-refractivity contribution < 1.29 is 9.53 Å². The lowest BCUT2D eigenvalue weighted by molar-refractivity contribution is 0.0921. The molecule has 1 heterocycles. The molecule has 6 heteroatoms. The first-order chi connectivity index (χ1) is 8.85. The SMILES string of the molecule is COCCC(C)(C)CNC(=O)c1cc(N)ncc1Cl. The van der Waals surface area contributed by atoms with Crippen molar-refractivity contribution in [1.29, 1.82) is 0 Å². The number of halogens is 1. The number of carbonyl (C=O) groups is 1. The Labute approximate surface area is 118 Å². The van der Waals surface area contributed by atoms with Crippen molar-refractivity contribution in [2.24, 2.45) is 5.41 Å². The van der Waals surface area contributed by atoms with Gasteiger partial charge in [-0.05, 0) is 17.9 Å². The lowest BCUT2D eigenvalue weighted by atomic mass is 9.89. The first kappa shape index (κ1) is 15.7. The summed E-state index contributed by atoms with van der Waals surface area (Å²) >= 11 is 5.93. The molecule has 0 atom stereocenters. The van der Waals surface area contributed by atoms with Crippen LogP contribution in [0, 0.1) is 5.41 Å². The highest BCUT2D eigenvalue weighted by Crippen LogP contribution is 2.20. The minimum atomic E-state index is -0.246. The summed E-state index contributed by atoms with van der Waals surface area (Å²) < 4.78 is 5.05. The molecule has 106 valence electrons. The molecule has 0 aliphatic carbocycles. The van der Waals surface area contributed by atoms with Gasteiger partial charge >= 0.3 is 0 Å². The smallest absolute Gasteiger partial charge is 0.253 e. The van der Waals surface area contributed by atoms with Crippen molar-refractivity contribution in [2.75, 3.05) is 26.0 Å². The molecule has 0 aliphatic rings. The van der Waals surface area contributed by atoms with Crippen LogP contribution in [0.15, 0.2) is 12.3 Å². The molecule has 1 rings (SSSR count). The van der Waals surface area contributed by atoms with Crippen LogP contribution < -0.4 is 11.1 Å². The molecule has 0 fully saturated rings. The van der Waals surface area contributed by atoms with Crippen molar-refractivity contribution >= 4 is 23.3 Å². The second-order valence-corrected chi connectivity index (χ2v) is 5.59. The van der Waals surface area contributed by atoms with Crippen LogP contribution in [0.2, 0.25) is 5.02 Å². The van der Waals surface area contributed by atoms with Crippen LogP contribution in [-0.2, 0) is 4.74 Å². The summed E-state index contributed by atoms with van der Waals surface area (Å²) in [6, 6.07) is 1.47. The topological polar surface area (TPSA) is 77.2 Å². The number of nitrogens with one attached hydrogen (secondary N) is 1.